The predicted molar refractivity (Wildman–Crippen MR) is 89.1 cm³/mol. The van der Waals surface area contributed by atoms with Crippen LogP contribution < -0.4 is 0 Å². The zero-order chi connectivity index (χ0) is 14.7. The molecule has 3 heteroatoms. The molecule has 3 nitrogen and oxygen atoms in total. The van der Waals surface area contributed by atoms with E-state index in [-0.39, 0.29) is 0 Å². The molecule has 0 fully saturated rings. The lowest BCUT2D eigenvalue weighted by Gasteiger charge is -2.06. The summed E-state index contributed by atoms with van der Waals surface area (Å²) < 4.78 is 5.82. The van der Waals surface area contributed by atoms with Crippen LogP contribution in [0.2, 0.25) is 0 Å². The van der Waals surface area contributed by atoms with Crippen LogP contribution in [0.15, 0.2) is 59.1 Å². The minimum Gasteiger partial charge on any atom is -0.440 e. The Hall–Kier alpha value is -2.94. The molecule has 0 saturated heterocycles. The van der Waals surface area contributed by atoms with Gasteiger partial charge in [-0.15, -0.1) is 0 Å². The minimum atomic E-state index is 0.696. The second-order valence-electron chi connectivity index (χ2n) is 5.58. The number of fused-ring (bicyclic) bond motifs is 6. The van der Waals surface area contributed by atoms with Gasteiger partial charge in [-0.2, -0.15) is 0 Å². The van der Waals surface area contributed by atoms with Crippen molar-refractivity contribution in [3.63, 3.8) is 0 Å². The Bertz CT molecular complexity index is 1190. The normalized spacial score (nSPS) is 11.9. The van der Waals surface area contributed by atoms with Crippen molar-refractivity contribution in [2.75, 3.05) is 0 Å². The van der Waals surface area contributed by atoms with Crippen LogP contribution in [0, 0.1) is 6.92 Å². The molecule has 0 N–H and O–H groups in total. The van der Waals surface area contributed by atoms with Crippen LogP contribution >= 0.6 is 0 Å². The fourth-order valence-corrected chi connectivity index (χ4v) is 3.20. The molecule has 0 amide bonds. The third-order valence-corrected chi connectivity index (χ3v) is 4.20. The minimum absolute atomic E-state index is 0.696. The molecule has 0 aliphatic heterocycles. The number of aromatic nitrogens is 2. The highest BCUT2D eigenvalue weighted by Gasteiger charge is 2.09. The Morgan fingerprint density at radius 2 is 1.64 bits per heavy atom. The second kappa shape index (κ2) is 4.04. The topological polar surface area (TPSA) is 38.9 Å². The van der Waals surface area contributed by atoms with Crippen molar-refractivity contribution in [1.82, 2.24) is 9.97 Å². The van der Waals surface area contributed by atoms with Crippen molar-refractivity contribution in [3.05, 3.63) is 60.6 Å². The van der Waals surface area contributed by atoms with E-state index >= 15 is 0 Å². The summed E-state index contributed by atoms with van der Waals surface area (Å²) in [5.41, 5.74) is 2.77. The molecule has 0 unspecified atom stereocenters. The molecule has 0 saturated carbocycles. The lowest BCUT2D eigenvalue weighted by atomic mass is 10.00. The first kappa shape index (κ1) is 11.7. The molecule has 5 rings (SSSR count). The molecule has 3 aromatic carbocycles. The van der Waals surface area contributed by atoms with Crippen molar-refractivity contribution in [1.29, 1.82) is 0 Å². The summed E-state index contributed by atoms with van der Waals surface area (Å²) in [4.78, 5) is 8.87. The average molecular weight is 284 g/mol. The van der Waals surface area contributed by atoms with Gasteiger partial charge in [0.25, 0.3) is 0 Å². The predicted octanol–water partition coefficient (Wildman–Crippen LogP) is 4.99. The van der Waals surface area contributed by atoms with Gasteiger partial charge in [-0.05, 0) is 46.5 Å². The molecule has 0 aliphatic carbocycles. The molecule has 2 heterocycles. The van der Waals surface area contributed by atoms with Crippen molar-refractivity contribution in [2.45, 2.75) is 6.92 Å². The van der Waals surface area contributed by atoms with Crippen molar-refractivity contribution in [2.24, 2.45) is 0 Å². The molecule has 2 aromatic heterocycles. The third kappa shape index (κ3) is 1.51. The summed E-state index contributed by atoms with van der Waals surface area (Å²) in [5, 5.41) is 5.83. The van der Waals surface area contributed by atoms with E-state index in [1.165, 1.54) is 16.2 Å². The number of benzene rings is 3. The first-order valence-corrected chi connectivity index (χ1v) is 7.27. The highest BCUT2D eigenvalue weighted by molar-refractivity contribution is 6.15. The molecular weight excluding hydrogens is 272 g/mol. The van der Waals surface area contributed by atoms with Gasteiger partial charge in [0, 0.05) is 23.9 Å². The molecular formula is C19H12N2O. The fraction of sp³-hybridized carbons (Fsp3) is 0.0526. The summed E-state index contributed by atoms with van der Waals surface area (Å²) in [6.07, 6.45) is 1.83. The van der Waals surface area contributed by atoms with Crippen LogP contribution in [0.4, 0.5) is 0 Å². The standard InChI is InChI=1S/C19H12N2O/c1-11-21-18-7-5-13-9-12-4-6-17-14(3-2-8-20-17)15(12)10-16(13)19(18)22-11/h2-10H,1H3. The molecule has 0 aliphatic rings. The van der Waals surface area contributed by atoms with Crippen LogP contribution in [0.3, 0.4) is 0 Å². The summed E-state index contributed by atoms with van der Waals surface area (Å²) >= 11 is 0. The van der Waals surface area contributed by atoms with Crippen molar-refractivity contribution >= 4 is 43.5 Å². The van der Waals surface area contributed by atoms with Crippen LogP contribution in [-0.4, -0.2) is 9.97 Å². The van der Waals surface area contributed by atoms with Gasteiger partial charge in [0.1, 0.15) is 5.52 Å². The van der Waals surface area contributed by atoms with Crippen LogP contribution in [0.25, 0.3) is 43.5 Å². The first-order chi connectivity index (χ1) is 10.8. The van der Waals surface area contributed by atoms with E-state index in [2.05, 4.69) is 46.4 Å². The summed E-state index contributed by atoms with van der Waals surface area (Å²) in [5.74, 6) is 0.696. The lowest BCUT2D eigenvalue weighted by molar-refractivity contribution is 0.563. The average Bonchev–Trinajstić information content (AvgIpc) is 2.94. The van der Waals surface area contributed by atoms with E-state index in [1.54, 1.807) is 0 Å². The Morgan fingerprint density at radius 1 is 0.818 bits per heavy atom. The Morgan fingerprint density at radius 3 is 2.55 bits per heavy atom. The molecule has 0 radical (unpaired) electrons. The highest BCUT2D eigenvalue weighted by Crippen LogP contribution is 2.32. The molecule has 0 spiro atoms. The number of hydrogen-bond acceptors (Lipinski definition) is 3. The smallest absolute Gasteiger partial charge is 0.192 e. The van der Waals surface area contributed by atoms with Gasteiger partial charge in [-0.1, -0.05) is 18.2 Å². The van der Waals surface area contributed by atoms with Gasteiger partial charge in [0.05, 0.1) is 5.52 Å². The lowest BCUT2D eigenvalue weighted by Crippen LogP contribution is -1.82. The fourth-order valence-electron chi connectivity index (χ4n) is 3.20. The van der Waals surface area contributed by atoms with Gasteiger partial charge in [-0.3, -0.25) is 4.98 Å². The van der Waals surface area contributed by atoms with Crippen LogP contribution in [0.1, 0.15) is 5.89 Å². The maximum Gasteiger partial charge on any atom is 0.192 e. The molecule has 0 bridgehead atoms. The van der Waals surface area contributed by atoms with E-state index in [0.717, 1.165) is 27.4 Å². The van der Waals surface area contributed by atoms with Crippen molar-refractivity contribution < 1.29 is 4.42 Å². The first-order valence-electron chi connectivity index (χ1n) is 7.27. The van der Waals surface area contributed by atoms with Crippen LogP contribution in [-0.2, 0) is 0 Å². The molecule has 5 aromatic rings. The summed E-state index contributed by atoms with van der Waals surface area (Å²) in [6.45, 7) is 1.88. The molecule has 22 heavy (non-hydrogen) atoms. The number of rotatable bonds is 0. The number of nitrogens with zero attached hydrogens (tertiary/aromatic N) is 2. The molecule has 104 valence electrons. The van der Waals surface area contributed by atoms with Gasteiger partial charge in [0.15, 0.2) is 11.5 Å². The Labute approximate surface area is 126 Å². The summed E-state index contributed by atoms with van der Waals surface area (Å²) in [6, 6.07) is 16.8. The highest BCUT2D eigenvalue weighted by atomic mass is 16.3. The van der Waals surface area contributed by atoms with Gasteiger partial charge in [0.2, 0.25) is 0 Å². The zero-order valence-corrected chi connectivity index (χ0v) is 12.0. The van der Waals surface area contributed by atoms with E-state index in [1.807, 2.05) is 25.3 Å². The Kier molecular flexibility index (Phi) is 2.15. The maximum absolute atomic E-state index is 5.82. The number of hydrogen-bond donors (Lipinski definition) is 0. The molecule has 0 atom stereocenters. The van der Waals surface area contributed by atoms with Crippen molar-refractivity contribution in [3.8, 4) is 0 Å². The SMILES string of the molecule is Cc1nc2ccc3cc4ccc5ncccc5c4cc3c2o1. The van der Waals surface area contributed by atoms with E-state index in [9.17, 15) is 0 Å². The largest absolute Gasteiger partial charge is 0.440 e. The number of oxazole rings is 1. The number of pyridine rings is 1. The quantitative estimate of drug-likeness (QED) is 0.297. The van der Waals surface area contributed by atoms with Crippen LogP contribution in [0.5, 0.6) is 0 Å². The van der Waals surface area contributed by atoms with Gasteiger partial charge >= 0.3 is 0 Å². The number of aryl methyl sites for hydroxylation is 1. The van der Waals surface area contributed by atoms with E-state index in [4.69, 9.17) is 4.42 Å². The Balaban J connectivity index is 2.04. The maximum atomic E-state index is 5.82. The van der Waals surface area contributed by atoms with E-state index in [0.29, 0.717) is 5.89 Å². The van der Waals surface area contributed by atoms with Gasteiger partial charge in [-0.25, -0.2) is 4.98 Å². The van der Waals surface area contributed by atoms with E-state index < -0.39 is 0 Å². The summed E-state index contributed by atoms with van der Waals surface area (Å²) in [7, 11) is 0. The third-order valence-electron chi connectivity index (χ3n) is 4.20. The monoisotopic (exact) mass is 284 g/mol. The van der Waals surface area contributed by atoms with Gasteiger partial charge < -0.3 is 4.42 Å². The second-order valence-corrected chi connectivity index (χ2v) is 5.58. The zero-order valence-electron chi connectivity index (χ0n) is 12.0.